The van der Waals surface area contributed by atoms with Gasteiger partial charge in [0, 0.05) is 51.2 Å². The maximum Gasteiger partial charge on any atom is 0.182 e. The van der Waals surface area contributed by atoms with Crippen LogP contribution in [0.4, 0.5) is 0 Å². The monoisotopic (exact) mass is 878 g/mol. The van der Waals surface area contributed by atoms with Crippen LogP contribution in [-0.4, -0.2) is 60.7 Å². The van der Waals surface area contributed by atoms with E-state index in [-0.39, 0.29) is 37.8 Å². The van der Waals surface area contributed by atoms with E-state index in [4.69, 9.17) is 38.4 Å². The smallest absolute Gasteiger partial charge is 0.182 e. The van der Waals surface area contributed by atoms with E-state index >= 15 is 0 Å². The molecule has 266 valence electrons. The number of methoxy groups -OCH3 is 4. The molecule has 0 spiro atoms. The van der Waals surface area contributed by atoms with Gasteiger partial charge in [-0.15, -0.1) is 13.2 Å². The van der Waals surface area contributed by atoms with E-state index in [0.717, 1.165) is 44.9 Å². The summed E-state index contributed by atoms with van der Waals surface area (Å²) < 4.78 is 33.9. The Morgan fingerprint density at radius 1 is 0.714 bits per heavy atom. The third-order valence-electron chi connectivity index (χ3n) is 8.32. The standard InChI is InChI=1S/C37H36Br2N2O6.2Ni/c1-35(21-46-33(40-35)26-13-25(16-30(17-26)44-5)23-9-7-11-28(14-23)42-3)20-36(2)22-47-34(41-36)31-18-27(19-37(39,45-6)32(31)38)24-10-8-12-29(15-24)43-4;;/h7-19,21-22,32H,20H2,1-6H3;;/q-2;;/t32?,35-,36-,37?;;/m1../s1. The molecule has 1 aliphatic carbocycles. The molecule has 12 heteroatoms. The number of nitrogens with zero attached hydrogens (tertiary/aromatic N) is 2. The molecule has 8 nitrogen and oxygen atoms in total. The van der Waals surface area contributed by atoms with E-state index in [9.17, 15) is 0 Å². The summed E-state index contributed by atoms with van der Waals surface area (Å²) in [6, 6.07) is 21.7. The molecule has 0 radical (unpaired) electrons. The van der Waals surface area contributed by atoms with Gasteiger partial charge in [0.15, 0.2) is 16.3 Å². The summed E-state index contributed by atoms with van der Waals surface area (Å²) in [6.07, 6.45) is 4.61. The Morgan fingerprint density at radius 3 is 1.86 bits per heavy atom. The molecule has 0 aromatic heterocycles. The van der Waals surface area contributed by atoms with E-state index < -0.39 is 15.6 Å². The molecule has 3 aromatic rings. The van der Waals surface area contributed by atoms with Gasteiger partial charge in [0.25, 0.3) is 0 Å². The van der Waals surface area contributed by atoms with Gasteiger partial charge in [0.2, 0.25) is 0 Å². The van der Waals surface area contributed by atoms with Crippen LogP contribution in [0.3, 0.4) is 0 Å². The van der Waals surface area contributed by atoms with Crippen molar-refractivity contribution in [1.82, 2.24) is 0 Å². The number of hydrogen-bond donors (Lipinski definition) is 0. The van der Waals surface area contributed by atoms with Crippen LogP contribution in [0.1, 0.15) is 31.4 Å². The molecule has 0 saturated heterocycles. The van der Waals surface area contributed by atoms with Gasteiger partial charge in [-0.1, -0.05) is 60.5 Å². The Balaban J connectivity index is 0.00000270. The van der Waals surface area contributed by atoms with Crippen LogP contribution in [0.2, 0.25) is 0 Å². The zero-order chi connectivity index (χ0) is 33.4. The summed E-state index contributed by atoms with van der Waals surface area (Å²) >= 11 is 7.64. The predicted octanol–water partition coefficient (Wildman–Crippen LogP) is 8.34. The minimum Gasteiger partial charge on any atom is -0.647 e. The van der Waals surface area contributed by atoms with Crippen molar-refractivity contribution in [2.75, 3.05) is 28.4 Å². The zero-order valence-electron chi connectivity index (χ0n) is 27.7. The number of aliphatic imine (C=N–C) groups is 2. The van der Waals surface area contributed by atoms with Gasteiger partial charge in [-0.3, -0.25) is 9.98 Å². The number of rotatable bonds is 10. The number of ether oxygens (including phenoxy) is 6. The Kier molecular flexibility index (Phi) is 12.6. The average molecular weight is 882 g/mol. The first-order valence-electron chi connectivity index (χ1n) is 15.0. The first-order chi connectivity index (χ1) is 22.5. The first kappa shape index (κ1) is 39.2. The molecule has 0 bridgehead atoms. The molecule has 0 saturated carbocycles. The van der Waals surface area contributed by atoms with Crippen LogP contribution in [0.5, 0.6) is 17.2 Å². The fourth-order valence-electron chi connectivity index (χ4n) is 5.98. The second-order valence-electron chi connectivity index (χ2n) is 12.1. The largest absolute Gasteiger partial charge is 0.647 e. The summed E-state index contributed by atoms with van der Waals surface area (Å²) in [4.78, 5) is 9.86. The van der Waals surface area contributed by atoms with Crippen LogP contribution < -0.4 is 14.2 Å². The van der Waals surface area contributed by atoms with E-state index in [1.165, 1.54) is 0 Å². The van der Waals surface area contributed by atoms with Crippen LogP contribution in [0.25, 0.3) is 16.7 Å². The molecule has 49 heavy (non-hydrogen) atoms. The number of halogens is 2. The molecule has 6 rings (SSSR count). The average Bonchev–Trinajstić information content (AvgIpc) is 3.67. The molecule has 2 aliphatic heterocycles. The summed E-state index contributed by atoms with van der Waals surface area (Å²) in [5.74, 6) is 3.25. The van der Waals surface area contributed by atoms with Crippen molar-refractivity contribution in [2.45, 2.75) is 40.7 Å². The second-order valence-corrected chi connectivity index (χ2v) is 14.2. The molecule has 3 aromatic carbocycles. The first-order valence-corrected chi connectivity index (χ1v) is 16.7. The maximum absolute atomic E-state index is 6.19. The molecule has 2 heterocycles. The number of benzene rings is 3. The Hall–Kier alpha value is -2.61. The van der Waals surface area contributed by atoms with Crippen LogP contribution in [0, 0.1) is 13.2 Å². The summed E-state index contributed by atoms with van der Waals surface area (Å²) in [5.41, 5.74) is 4.17. The fourth-order valence-corrected chi connectivity index (χ4v) is 7.12. The molecule has 0 N–H and O–H groups in total. The van der Waals surface area contributed by atoms with E-state index in [2.05, 4.69) is 37.9 Å². The maximum atomic E-state index is 6.19. The molecular formula is C37H36Br2N2Ni2O6-2. The van der Waals surface area contributed by atoms with Gasteiger partial charge in [0.1, 0.15) is 17.2 Å². The normalized spacial score (nSPS) is 25.7. The third kappa shape index (κ3) is 8.31. The minimum atomic E-state index is -0.834. The second kappa shape index (κ2) is 15.7. The third-order valence-corrected chi connectivity index (χ3v) is 11.1. The summed E-state index contributed by atoms with van der Waals surface area (Å²) in [5, 5.41) is 0. The van der Waals surface area contributed by atoms with Crippen molar-refractivity contribution in [3.8, 4) is 28.4 Å². The molecule has 3 aliphatic rings. The Morgan fingerprint density at radius 2 is 1.24 bits per heavy atom. The summed E-state index contributed by atoms with van der Waals surface area (Å²) in [6.45, 7) is 7.60. The van der Waals surface area contributed by atoms with Crippen molar-refractivity contribution in [2.24, 2.45) is 9.98 Å². The molecular weight excluding hydrogens is 846 g/mol. The quantitative estimate of drug-likeness (QED) is 0.116. The van der Waals surface area contributed by atoms with Crippen LogP contribution >= 0.6 is 31.9 Å². The number of allylic oxidation sites excluding steroid dienone is 2. The Labute approximate surface area is 324 Å². The molecule has 4 atom stereocenters. The van der Waals surface area contributed by atoms with Gasteiger partial charge in [-0.25, -0.2) is 0 Å². The van der Waals surface area contributed by atoms with Gasteiger partial charge < -0.3 is 28.4 Å². The molecule has 0 fully saturated rings. The van der Waals surface area contributed by atoms with E-state index in [1.807, 2.05) is 86.7 Å². The SMILES string of the molecule is COc1cccc(C2=CC(Br)(OC)C(Br)C(C3=N[C@](C)(C[C@]4(C)[CH-]OC(c5cc(OC)cc(-c6cccc(OC)c6)c5)=N4)[CH-]O3)=C2)c1.[Ni].[Ni]. The van der Waals surface area contributed by atoms with Gasteiger partial charge >= 0.3 is 0 Å². The van der Waals surface area contributed by atoms with Crippen LogP contribution in [-0.2, 0) is 47.2 Å². The Bertz CT molecular complexity index is 1820. The zero-order valence-corrected chi connectivity index (χ0v) is 32.8. The van der Waals surface area contributed by atoms with E-state index in [1.54, 1.807) is 41.7 Å². The van der Waals surface area contributed by atoms with E-state index in [0.29, 0.717) is 24.0 Å². The van der Waals surface area contributed by atoms with Crippen molar-refractivity contribution >= 4 is 49.2 Å². The van der Waals surface area contributed by atoms with Gasteiger partial charge in [0.05, 0.1) is 26.2 Å². The summed E-state index contributed by atoms with van der Waals surface area (Å²) in [7, 11) is 6.62. The number of alkyl halides is 2. The van der Waals surface area contributed by atoms with Gasteiger partial charge in [-0.05, 0) is 104 Å². The predicted molar refractivity (Wildman–Crippen MR) is 192 cm³/mol. The molecule has 2 unspecified atom stereocenters. The number of hydrogen-bond acceptors (Lipinski definition) is 8. The van der Waals surface area contributed by atoms with Crippen molar-refractivity contribution < 1.29 is 61.4 Å². The van der Waals surface area contributed by atoms with Crippen molar-refractivity contribution in [3.05, 3.63) is 109 Å². The van der Waals surface area contributed by atoms with Crippen molar-refractivity contribution in [3.63, 3.8) is 0 Å². The fraction of sp³-hybridized carbons (Fsp3) is 0.297. The van der Waals surface area contributed by atoms with Gasteiger partial charge in [-0.2, -0.15) is 0 Å². The minimum absolute atomic E-state index is 0. The topological polar surface area (TPSA) is 80.1 Å². The molecule has 0 amide bonds. The van der Waals surface area contributed by atoms with Crippen molar-refractivity contribution in [1.29, 1.82) is 0 Å². The van der Waals surface area contributed by atoms with Crippen LogP contribution in [0.15, 0.2) is 94.4 Å².